The van der Waals surface area contributed by atoms with Crippen LogP contribution in [0, 0.1) is 0 Å². The summed E-state index contributed by atoms with van der Waals surface area (Å²) in [6.45, 7) is 0. The van der Waals surface area contributed by atoms with Gasteiger partial charge in [0.2, 0.25) is 0 Å². The van der Waals surface area contributed by atoms with Crippen LogP contribution in [0.5, 0.6) is 0 Å². The second-order valence-corrected chi connectivity index (χ2v) is 14.0. The van der Waals surface area contributed by atoms with E-state index < -0.39 is 0 Å². The van der Waals surface area contributed by atoms with Gasteiger partial charge in [-0.2, -0.15) is 0 Å². The first-order valence-electron chi connectivity index (χ1n) is 17.4. The third-order valence-corrected chi connectivity index (χ3v) is 10.9. The van der Waals surface area contributed by atoms with Crippen LogP contribution in [0.2, 0.25) is 0 Å². The van der Waals surface area contributed by atoms with Gasteiger partial charge in [0, 0.05) is 49.4 Å². The van der Waals surface area contributed by atoms with Crippen LogP contribution in [0.1, 0.15) is 0 Å². The summed E-state index contributed by atoms with van der Waals surface area (Å²) in [4.78, 5) is 20.3. The zero-order valence-electron chi connectivity index (χ0n) is 28.0. The van der Waals surface area contributed by atoms with Crippen molar-refractivity contribution in [1.82, 2.24) is 19.9 Å². The summed E-state index contributed by atoms with van der Waals surface area (Å²) in [6, 6.07) is 53.4. The Balaban J connectivity index is 1.11. The van der Waals surface area contributed by atoms with E-state index in [0.717, 1.165) is 87.8 Å². The highest BCUT2D eigenvalue weighted by molar-refractivity contribution is 7.21. The normalized spacial score (nSPS) is 11.8. The van der Waals surface area contributed by atoms with Gasteiger partial charge in [0.25, 0.3) is 0 Å². The zero-order chi connectivity index (χ0) is 34.9. The Morgan fingerprint density at radius 1 is 0.396 bits per heavy atom. The smallest absolute Gasteiger partial charge is 0.164 e. The molecular formula is C46H26N4O2S. The molecule has 0 amide bonds. The highest BCUT2D eigenvalue weighted by Gasteiger charge is 2.21. The maximum Gasteiger partial charge on any atom is 0.164 e. The first kappa shape index (κ1) is 29.7. The van der Waals surface area contributed by atoms with Gasteiger partial charge in [-0.25, -0.2) is 19.9 Å². The Hall–Kier alpha value is -6.96. The van der Waals surface area contributed by atoms with Crippen molar-refractivity contribution in [1.29, 1.82) is 0 Å². The van der Waals surface area contributed by atoms with Crippen molar-refractivity contribution in [3.05, 3.63) is 158 Å². The SMILES string of the molecule is c1ccc(-c2nc(-c3cccc4oc5ccccc5c34)nc(-c3cccc4oc5c(-c6cccc(-c7nc8ccccc8s7)c6)cccc5c34)n2)cc1. The fourth-order valence-electron chi connectivity index (χ4n) is 7.37. The molecule has 6 nitrogen and oxygen atoms in total. The number of hydrogen-bond acceptors (Lipinski definition) is 7. The molecule has 0 atom stereocenters. The lowest BCUT2D eigenvalue weighted by atomic mass is 9.99. The third-order valence-electron chi connectivity index (χ3n) is 9.79. The summed E-state index contributed by atoms with van der Waals surface area (Å²) in [5, 5.41) is 4.93. The minimum atomic E-state index is 0.565. The van der Waals surface area contributed by atoms with Crippen molar-refractivity contribution in [3.8, 4) is 55.9 Å². The maximum absolute atomic E-state index is 6.72. The largest absolute Gasteiger partial charge is 0.456 e. The molecule has 53 heavy (non-hydrogen) atoms. The van der Waals surface area contributed by atoms with Gasteiger partial charge in [0.1, 0.15) is 27.3 Å². The summed E-state index contributed by atoms with van der Waals surface area (Å²) < 4.78 is 14.1. The number of fused-ring (bicyclic) bond motifs is 7. The Morgan fingerprint density at radius 2 is 0.981 bits per heavy atom. The van der Waals surface area contributed by atoms with Crippen molar-refractivity contribution in [2.75, 3.05) is 0 Å². The monoisotopic (exact) mass is 698 g/mol. The van der Waals surface area contributed by atoms with E-state index >= 15 is 0 Å². The molecule has 0 unspecified atom stereocenters. The van der Waals surface area contributed by atoms with Crippen LogP contribution >= 0.6 is 11.3 Å². The Kier molecular flexibility index (Phi) is 6.62. The highest BCUT2D eigenvalue weighted by Crippen LogP contribution is 2.42. The van der Waals surface area contributed by atoms with Crippen LogP contribution in [-0.2, 0) is 0 Å². The first-order valence-corrected chi connectivity index (χ1v) is 18.2. The van der Waals surface area contributed by atoms with E-state index in [0.29, 0.717) is 17.5 Å². The van der Waals surface area contributed by atoms with E-state index in [9.17, 15) is 0 Å². The Bertz CT molecular complexity index is 3160. The molecule has 0 aliphatic carbocycles. The summed E-state index contributed by atoms with van der Waals surface area (Å²) >= 11 is 1.70. The third kappa shape index (κ3) is 4.86. The second kappa shape index (κ2) is 11.8. The molecule has 0 fully saturated rings. The van der Waals surface area contributed by atoms with Gasteiger partial charge in [-0.3, -0.25) is 0 Å². The predicted molar refractivity (Wildman–Crippen MR) is 215 cm³/mol. The zero-order valence-corrected chi connectivity index (χ0v) is 28.8. The molecule has 248 valence electrons. The van der Waals surface area contributed by atoms with Crippen LogP contribution in [-0.4, -0.2) is 19.9 Å². The number of hydrogen-bond donors (Lipinski definition) is 0. The van der Waals surface area contributed by atoms with Gasteiger partial charge in [-0.05, 0) is 42.0 Å². The predicted octanol–water partition coefficient (Wildman–Crippen LogP) is 12.6. The molecule has 0 N–H and O–H groups in total. The van der Waals surface area contributed by atoms with Gasteiger partial charge >= 0.3 is 0 Å². The van der Waals surface area contributed by atoms with Crippen molar-refractivity contribution in [2.24, 2.45) is 0 Å². The number of para-hydroxylation sites is 3. The molecule has 0 saturated carbocycles. The van der Waals surface area contributed by atoms with E-state index in [4.69, 9.17) is 28.8 Å². The van der Waals surface area contributed by atoms with Crippen LogP contribution in [0.25, 0.3) is 110 Å². The van der Waals surface area contributed by atoms with Gasteiger partial charge in [0.15, 0.2) is 17.5 Å². The molecule has 0 aliphatic rings. The van der Waals surface area contributed by atoms with E-state index in [2.05, 4.69) is 78.9 Å². The number of furan rings is 2. The van der Waals surface area contributed by atoms with Crippen LogP contribution in [0.15, 0.2) is 167 Å². The van der Waals surface area contributed by atoms with Crippen LogP contribution in [0.3, 0.4) is 0 Å². The minimum absolute atomic E-state index is 0.565. The molecule has 0 aliphatic heterocycles. The summed E-state index contributed by atoms with van der Waals surface area (Å²) in [6.07, 6.45) is 0. The quantitative estimate of drug-likeness (QED) is 0.178. The number of rotatable bonds is 5. The molecule has 11 rings (SSSR count). The Morgan fingerprint density at radius 3 is 1.81 bits per heavy atom. The average Bonchev–Trinajstić information content (AvgIpc) is 3.94. The lowest BCUT2D eigenvalue weighted by Gasteiger charge is -2.10. The topological polar surface area (TPSA) is 77.8 Å². The van der Waals surface area contributed by atoms with Crippen molar-refractivity contribution in [3.63, 3.8) is 0 Å². The van der Waals surface area contributed by atoms with E-state index in [1.807, 2.05) is 78.9 Å². The summed E-state index contributed by atoms with van der Waals surface area (Å²) in [7, 11) is 0. The summed E-state index contributed by atoms with van der Waals surface area (Å²) in [5.41, 5.74) is 9.98. The molecule has 0 radical (unpaired) electrons. The van der Waals surface area contributed by atoms with Crippen molar-refractivity contribution < 1.29 is 8.83 Å². The van der Waals surface area contributed by atoms with Crippen LogP contribution < -0.4 is 0 Å². The molecule has 4 aromatic heterocycles. The number of benzene rings is 7. The van der Waals surface area contributed by atoms with E-state index in [1.165, 1.54) is 4.70 Å². The Labute approximate surface area is 306 Å². The first-order chi connectivity index (χ1) is 26.2. The maximum atomic E-state index is 6.72. The average molecular weight is 699 g/mol. The molecule has 4 heterocycles. The van der Waals surface area contributed by atoms with Gasteiger partial charge in [-0.15, -0.1) is 11.3 Å². The molecular weight excluding hydrogens is 673 g/mol. The molecule has 7 heteroatoms. The highest BCUT2D eigenvalue weighted by atomic mass is 32.1. The lowest BCUT2D eigenvalue weighted by Crippen LogP contribution is -2.00. The second-order valence-electron chi connectivity index (χ2n) is 13.0. The molecule has 0 spiro atoms. The van der Waals surface area contributed by atoms with E-state index in [-0.39, 0.29) is 0 Å². The van der Waals surface area contributed by atoms with E-state index in [1.54, 1.807) is 11.3 Å². The molecule has 11 aromatic rings. The fraction of sp³-hybridized carbons (Fsp3) is 0. The fourth-order valence-corrected chi connectivity index (χ4v) is 8.33. The molecule has 0 bridgehead atoms. The number of thiazole rings is 1. The van der Waals surface area contributed by atoms with Gasteiger partial charge < -0.3 is 8.83 Å². The number of aromatic nitrogens is 4. The lowest BCUT2D eigenvalue weighted by molar-refractivity contribution is 0.669. The summed E-state index contributed by atoms with van der Waals surface area (Å²) in [5.74, 6) is 1.73. The van der Waals surface area contributed by atoms with Gasteiger partial charge in [-0.1, -0.05) is 121 Å². The molecule has 7 aromatic carbocycles. The minimum Gasteiger partial charge on any atom is -0.456 e. The number of nitrogens with zero attached hydrogens (tertiary/aromatic N) is 4. The van der Waals surface area contributed by atoms with Crippen molar-refractivity contribution >= 4 is 65.4 Å². The molecule has 0 saturated heterocycles. The standard InChI is InChI=1S/C46H26N4O2S/c1-2-12-27(13-3-1)43-48-44(33-19-10-23-37-40(33)31-16-4-6-22-36(31)51-37)50-45(49-43)34-20-11-24-38-41(34)32-18-9-17-30(42(32)52-38)28-14-8-15-29(26-28)46-47-35-21-5-7-25-39(35)53-46/h1-26H. The van der Waals surface area contributed by atoms with Crippen LogP contribution in [0.4, 0.5) is 0 Å². The van der Waals surface area contributed by atoms with Crippen molar-refractivity contribution in [2.45, 2.75) is 0 Å². The van der Waals surface area contributed by atoms with Gasteiger partial charge in [0.05, 0.1) is 10.2 Å².